The third kappa shape index (κ3) is 5.29. The number of nitrogens with one attached hydrogen (secondary N) is 1. The Bertz CT molecular complexity index is 1720. The number of fused-ring (bicyclic) bond motifs is 3. The number of nitrogens with zero attached hydrogens (tertiary/aromatic N) is 1. The second-order valence-electron chi connectivity index (χ2n) is 9.13. The van der Waals surface area contributed by atoms with Crippen LogP contribution in [0.15, 0.2) is 141 Å². The molecule has 5 aromatic rings. The molecule has 1 N–H and O–H groups in total. The first-order valence-corrected chi connectivity index (χ1v) is 14.1. The molecule has 0 aliphatic heterocycles. The first-order valence-electron chi connectivity index (χ1n) is 12.5. The van der Waals surface area contributed by atoms with Gasteiger partial charge < -0.3 is 5.32 Å². The van der Waals surface area contributed by atoms with Crippen molar-refractivity contribution in [1.82, 2.24) is 0 Å². The smallest absolute Gasteiger partial charge is 0.257 e. The zero-order chi connectivity index (χ0) is 26.8. The molecule has 0 atom stereocenters. The van der Waals surface area contributed by atoms with Gasteiger partial charge in [-0.1, -0.05) is 111 Å². The zero-order valence-electron chi connectivity index (χ0n) is 20.7. The summed E-state index contributed by atoms with van der Waals surface area (Å²) in [6.07, 6.45) is 2.14. The molecular formula is C34H22Br2N2O. The van der Waals surface area contributed by atoms with Crippen molar-refractivity contribution >= 4 is 60.4 Å². The highest BCUT2D eigenvalue weighted by Gasteiger charge is 2.23. The maximum absolute atomic E-state index is 13.4. The average Bonchev–Trinajstić information content (AvgIpc) is 3.27. The van der Waals surface area contributed by atoms with Crippen LogP contribution in [-0.4, -0.2) is 11.6 Å². The minimum Gasteiger partial charge on any atom is -0.322 e. The van der Waals surface area contributed by atoms with E-state index in [0.29, 0.717) is 16.9 Å². The van der Waals surface area contributed by atoms with Gasteiger partial charge in [0, 0.05) is 20.2 Å². The zero-order valence-corrected chi connectivity index (χ0v) is 23.9. The van der Waals surface area contributed by atoms with Crippen LogP contribution >= 0.6 is 31.9 Å². The van der Waals surface area contributed by atoms with E-state index in [2.05, 4.69) is 91.8 Å². The van der Waals surface area contributed by atoms with Crippen molar-refractivity contribution in [3.8, 4) is 11.1 Å². The Hall–Kier alpha value is -4.06. The minimum atomic E-state index is -0.216. The molecule has 3 nitrogen and oxygen atoms in total. The molecule has 39 heavy (non-hydrogen) atoms. The van der Waals surface area contributed by atoms with Crippen molar-refractivity contribution < 1.29 is 4.79 Å². The normalized spacial score (nSPS) is 12.1. The molecule has 0 saturated heterocycles. The number of amides is 1. The number of hydrogen-bond acceptors (Lipinski definition) is 2. The molecule has 0 radical (unpaired) electrons. The summed E-state index contributed by atoms with van der Waals surface area (Å²) >= 11 is 7.02. The Balaban J connectivity index is 1.49. The van der Waals surface area contributed by atoms with E-state index in [9.17, 15) is 4.79 Å². The fraction of sp³-hybridized carbons (Fsp3) is 0. The first-order chi connectivity index (χ1) is 19.1. The molecule has 6 rings (SSSR count). The third-order valence-corrected chi connectivity index (χ3v) is 7.64. The van der Waals surface area contributed by atoms with E-state index in [1.807, 2.05) is 66.7 Å². The molecule has 1 aliphatic rings. The Morgan fingerprint density at radius 1 is 0.641 bits per heavy atom. The van der Waals surface area contributed by atoms with Gasteiger partial charge >= 0.3 is 0 Å². The number of aliphatic imine (C=N–C) groups is 1. The van der Waals surface area contributed by atoms with Crippen LogP contribution in [-0.2, 0) is 0 Å². The van der Waals surface area contributed by atoms with Crippen molar-refractivity contribution in [2.24, 2.45) is 4.99 Å². The van der Waals surface area contributed by atoms with Crippen LogP contribution in [0.25, 0.3) is 16.7 Å². The standard InChI is InChI=1S/C34H22Br2N2O/c35-23-18-16-22(17-19-23)33(21-31-28-12-3-1-10-26(28)27-11-2-4-13-29(27)31)38-32-15-6-5-14-30(32)34(39)37-25-9-7-8-24(36)20-25/h1-21H,(H,37,39). The van der Waals surface area contributed by atoms with E-state index in [-0.39, 0.29) is 5.91 Å². The van der Waals surface area contributed by atoms with Crippen LogP contribution in [0.4, 0.5) is 11.4 Å². The number of hydrogen-bond donors (Lipinski definition) is 1. The van der Waals surface area contributed by atoms with Gasteiger partial charge in [0.15, 0.2) is 0 Å². The molecule has 0 heterocycles. The van der Waals surface area contributed by atoms with Gasteiger partial charge in [-0.25, -0.2) is 4.99 Å². The monoisotopic (exact) mass is 632 g/mol. The fourth-order valence-electron chi connectivity index (χ4n) is 4.80. The molecule has 1 aliphatic carbocycles. The second-order valence-corrected chi connectivity index (χ2v) is 11.0. The SMILES string of the molecule is O=C(Nc1cccc(Br)c1)c1ccccc1N=C(C=C1c2ccccc2-c2ccccc21)c1ccc(Br)cc1. The molecule has 0 bridgehead atoms. The van der Waals surface area contributed by atoms with Gasteiger partial charge in [-0.3, -0.25) is 4.79 Å². The van der Waals surface area contributed by atoms with Gasteiger partial charge in [0.1, 0.15) is 0 Å². The lowest BCUT2D eigenvalue weighted by Gasteiger charge is -2.11. The van der Waals surface area contributed by atoms with Crippen LogP contribution in [0, 0.1) is 0 Å². The van der Waals surface area contributed by atoms with Crippen molar-refractivity contribution in [2.75, 3.05) is 5.32 Å². The van der Waals surface area contributed by atoms with Crippen molar-refractivity contribution in [2.45, 2.75) is 0 Å². The number of para-hydroxylation sites is 1. The Kier molecular flexibility index (Phi) is 7.10. The summed E-state index contributed by atoms with van der Waals surface area (Å²) in [6, 6.07) is 40.0. The minimum absolute atomic E-state index is 0.216. The highest BCUT2D eigenvalue weighted by molar-refractivity contribution is 9.10. The van der Waals surface area contributed by atoms with Gasteiger partial charge in [0.05, 0.1) is 17.0 Å². The fourth-order valence-corrected chi connectivity index (χ4v) is 5.46. The average molecular weight is 634 g/mol. The van der Waals surface area contributed by atoms with E-state index in [0.717, 1.165) is 25.8 Å². The number of rotatable bonds is 5. The summed E-state index contributed by atoms with van der Waals surface area (Å²) in [7, 11) is 0. The molecule has 0 saturated carbocycles. The van der Waals surface area contributed by atoms with Gasteiger partial charge in [0.25, 0.3) is 5.91 Å². The number of anilines is 1. The lowest BCUT2D eigenvalue weighted by molar-refractivity contribution is 0.102. The largest absolute Gasteiger partial charge is 0.322 e. The maximum atomic E-state index is 13.4. The van der Waals surface area contributed by atoms with E-state index in [4.69, 9.17) is 4.99 Å². The summed E-state index contributed by atoms with van der Waals surface area (Å²) in [5.74, 6) is -0.216. The summed E-state index contributed by atoms with van der Waals surface area (Å²) in [5.41, 5.74) is 9.40. The maximum Gasteiger partial charge on any atom is 0.257 e. The molecule has 0 spiro atoms. The molecular weight excluding hydrogens is 612 g/mol. The van der Waals surface area contributed by atoms with Gasteiger partial charge in [-0.15, -0.1) is 0 Å². The quantitative estimate of drug-likeness (QED) is 0.189. The van der Waals surface area contributed by atoms with E-state index in [1.54, 1.807) is 6.07 Å². The molecule has 5 heteroatoms. The Morgan fingerprint density at radius 2 is 1.26 bits per heavy atom. The molecule has 1 amide bonds. The first kappa shape index (κ1) is 25.2. The predicted molar refractivity (Wildman–Crippen MR) is 168 cm³/mol. The van der Waals surface area contributed by atoms with Crippen LogP contribution in [0.3, 0.4) is 0 Å². The molecule has 5 aromatic carbocycles. The highest BCUT2D eigenvalue weighted by Crippen LogP contribution is 2.44. The Labute approximate surface area is 244 Å². The number of allylic oxidation sites excluding steroid dienone is 1. The Morgan fingerprint density at radius 3 is 1.92 bits per heavy atom. The summed E-state index contributed by atoms with van der Waals surface area (Å²) in [6.45, 7) is 0. The molecule has 0 fully saturated rings. The molecule has 0 aromatic heterocycles. The van der Waals surface area contributed by atoms with Crippen LogP contribution in [0.5, 0.6) is 0 Å². The lowest BCUT2D eigenvalue weighted by atomic mass is 9.99. The number of carbonyl (C=O) groups excluding carboxylic acids is 1. The summed E-state index contributed by atoms with van der Waals surface area (Å²) in [5, 5.41) is 3.00. The lowest BCUT2D eigenvalue weighted by Crippen LogP contribution is -2.12. The van der Waals surface area contributed by atoms with Gasteiger partial charge in [-0.05, 0) is 76.4 Å². The predicted octanol–water partition coefficient (Wildman–Crippen LogP) is 9.70. The van der Waals surface area contributed by atoms with Crippen LogP contribution < -0.4 is 5.32 Å². The van der Waals surface area contributed by atoms with Crippen molar-refractivity contribution in [1.29, 1.82) is 0 Å². The number of benzene rings is 5. The van der Waals surface area contributed by atoms with Gasteiger partial charge in [0.2, 0.25) is 0 Å². The van der Waals surface area contributed by atoms with Crippen LogP contribution in [0.1, 0.15) is 27.0 Å². The number of carbonyl (C=O) groups is 1. The van der Waals surface area contributed by atoms with Crippen molar-refractivity contribution in [3.63, 3.8) is 0 Å². The highest BCUT2D eigenvalue weighted by atomic mass is 79.9. The molecule has 188 valence electrons. The molecule has 0 unspecified atom stereocenters. The summed E-state index contributed by atoms with van der Waals surface area (Å²) in [4.78, 5) is 18.5. The van der Waals surface area contributed by atoms with E-state index in [1.165, 1.54) is 22.3 Å². The van der Waals surface area contributed by atoms with Crippen molar-refractivity contribution in [3.05, 3.63) is 159 Å². The van der Waals surface area contributed by atoms with E-state index < -0.39 is 0 Å². The van der Waals surface area contributed by atoms with Crippen LogP contribution in [0.2, 0.25) is 0 Å². The number of halogens is 2. The topological polar surface area (TPSA) is 41.5 Å². The van der Waals surface area contributed by atoms with Gasteiger partial charge in [-0.2, -0.15) is 0 Å². The van der Waals surface area contributed by atoms with E-state index >= 15 is 0 Å². The third-order valence-electron chi connectivity index (χ3n) is 6.62. The summed E-state index contributed by atoms with van der Waals surface area (Å²) < 4.78 is 1.89. The second kappa shape index (κ2) is 11.0.